The molecule has 20 heavy (non-hydrogen) atoms. The van der Waals surface area contributed by atoms with Gasteiger partial charge >= 0.3 is 6.03 Å². The Balaban J connectivity index is 1.90. The molecule has 108 valence electrons. The fraction of sp³-hybridized carbons (Fsp3) is 0.429. The second-order valence-electron chi connectivity index (χ2n) is 4.70. The van der Waals surface area contributed by atoms with Crippen molar-refractivity contribution in [1.29, 1.82) is 0 Å². The number of halogens is 1. The van der Waals surface area contributed by atoms with E-state index in [-0.39, 0.29) is 18.0 Å². The number of amides is 2. The van der Waals surface area contributed by atoms with E-state index in [4.69, 9.17) is 4.84 Å². The summed E-state index contributed by atoms with van der Waals surface area (Å²) in [7, 11) is 1.70. The summed E-state index contributed by atoms with van der Waals surface area (Å²) in [6, 6.07) is 6.11. The smallest absolute Gasteiger partial charge is 0.317 e. The van der Waals surface area contributed by atoms with Crippen LogP contribution in [-0.2, 0) is 4.84 Å². The normalized spacial score (nSPS) is 17.4. The van der Waals surface area contributed by atoms with E-state index >= 15 is 0 Å². The molecule has 0 saturated heterocycles. The zero-order valence-electron chi connectivity index (χ0n) is 11.6. The highest BCUT2D eigenvalue weighted by atomic mass is 19.1. The van der Waals surface area contributed by atoms with Gasteiger partial charge < -0.3 is 15.1 Å². The highest BCUT2D eigenvalue weighted by molar-refractivity contribution is 6.01. The van der Waals surface area contributed by atoms with Gasteiger partial charge in [-0.1, -0.05) is 17.3 Å². The quantitative estimate of drug-likeness (QED) is 0.916. The maximum absolute atomic E-state index is 13.2. The summed E-state index contributed by atoms with van der Waals surface area (Å²) >= 11 is 0. The van der Waals surface area contributed by atoms with Crippen molar-refractivity contribution in [2.45, 2.75) is 19.4 Å². The molecular formula is C14H18FN3O2. The Morgan fingerprint density at radius 1 is 1.60 bits per heavy atom. The molecule has 1 atom stereocenters. The van der Waals surface area contributed by atoms with Crippen molar-refractivity contribution in [3.8, 4) is 0 Å². The highest BCUT2D eigenvalue weighted by Gasteiger charge is 2.25. The average molecular weight is 279 g/mol. The third-order valence-corrected chi connectivity index (χ3v) is 3.04. The SMILES string of the molecule is CCNC(=O)N(C)C[C@@H]1CC(c2cccc(F)c2)=NO1. The summed E-state index contributed by atoms with van der Waals surface area (Å²) in [6.07, 6.45) is 0.369. The van der Waals surface area contributed by atoms with Gasteiger partial charge in [-0.25, -0.2) is 9.18 Å². The number of urea groups is 1. The first-order valence-electron chi connectivity index (χ1n) is 6.57. The first-order valence-corrected chi connectivity index (χ1v) is 6.57. The summed E-state index contributed by atoms with van der Waals surface area (Å²) in [5, 5.41) is 6.69. The van der Waals surface area contributed by atoms with Crippen LogP contribution in [0.1, 0.15) is 18.9 Å². The van der Waals surface area contributed by atoms with Crippen molar-refractivity contribution in [3.63, 3.8) is 0 Å². The minimum atomic E-state index is -0.298. The molecule has 1 aromatic rings. The molecule has 0 radical (unpaired) electrons. The Labute approximate surface area is 117 Å². The van der Waals surface area contributed by atoms with Crippen LogP contribution in [0.5, 0.6) is 0 Å². The number of oxime groups is 1. The number of rotatable bonds is 4. The maximum atomic E-state index is 13.2. The number of carbonyl (C=O) groups excluding carboxylic acids is 1. The summed E-state index contributed by atoms with van der Waals surface area (Å²) < 4.78 is 13.2. The zero-order valence-corrected chi connectivity index (χ0v) is 11.6. The van der Waals surface area contributed by atoms with Gasteiger partial charge in [-0.05, 0) is 19.1 Å². The topological polar surface area (TPSA) is 53.9 Å². The van der Waals surface area contributed by atoms with Gasteiger partial charge in [0.2, 0.25) is 0 Å². The zero-order chi connectivity index (χ0) is 14.5. The number of benzene rings is 1. The number of hydrogen-bond donors (Lipinski definition) is 1. The van der Waals surface area contributed by atoms with E-state index in [2.05, 4.69) is 10.5 Å². The van der Waals surface area contributed by atoms with Crippen LogP contribution in [0.3, 0.4) is 0 Å². The van der Waals surface area contributed by atoms with Crippen LogP contribution in [0, 0.1) is 5.82 Å². The highest BCUT2D eigenvalue weighted by Crippen LogP contribution is 2.18. The minimum Gasteiger partial charge on any atom is -0.390 e. The standard InChI is InChI=1S/C14H18FN3O2/c1-3-16-14(19)18(2)9-12-8-13(17-20-12)10-5-4-6-11(15)7-10/h4-7,12H,3,8-9H2,1-2H3,(H,16,19)/t12-/m0/s1. The molecule has 5 nitrogen and oxygen atoms in total. The number of hydrogen-bond acceptors (Lipinski definition) is 3. The Kier molecular flexibility index (Phi) is 4.55. The van der Waals surface area contributed by atoms with Gasteiger partial charge in [0, 0.05) is 25.6 Å². The van der Waals surface area contributed by atoms with Crippen LogP contribution in [0.4, 0.5) is 9.18 Å². The second kappa shape index (κ2) is 6.36. The van der Waals surface area contributed by atoms with Gasteiger partial charge in [-0.15, -0.1) is 0 Å². The third kappa shape index (κ3) is 3.46. The van der Waals surface area contributed by atoms with Crippen LogP contribution in [0.25, 0.3) is 0 Å². The molecule has 0 unspecified atom stereocenters. The van der Waals surface area contributed by atoms with Gasteiger partial charge in [0.25, 0.3) is 0 Å². The van der Waals surface area contributed by atoms with Gasteiger partial charge in [-0.2, -0.15) is 0 Å². The van der Waals surface area contributed by atoms with Gasteiger partial charge in [0.05, 0.1) is 12.3 Å². The summed E-state index contributed by atoms with van der Waals surface area (Å²) in [6.45, 7) is 2.89. The molecule has 0 aromatic heterocycles. The summed E-state index contributed by atoms with van der Waals surface area (Å²) in [5.41, 5.74) is 1.42. The number of nitrogens with one attached hydrogen (secondary N) is 1. The van der Waals surface area contributed by atoms with Crippen molar-refractivity contribution in [2.75, 3.05) is 20.1 Å². The minimum absolute atomic E-state index is 0.143. The van der Waals surface area contributed by atoms with Crippen LogP contribution in [0.2, 0.25) is 0 Å². The van der Waals surface area contributed by atoms with E-state index < -0.39 is 0 Å². The molecule has 6 heteroatoms. The molecule has 2 amide bonds. The van der Waals surface area contributed by atoms with E-state index in [0.29, 0.717) is 30.8 Å². The van der Waals surface area contributed by atoms with Crippen molar-refractivity contribution < 1.29 is 14.0 Å². The molecule has 0 bridgehead atoms. The Morgan fingerprint density at radius 2 is 2.40 bits per heavy atom. The summed E-state index contributed by atoms with van der Waals surface area (Å²) in [5.74, 6) is -0.298. The first kappa shape index (κ1) is 14.3. The molecule has 0 fully saturated rings. The van der Waals surface area contributed by atoms with E-state index in [1.54, 1.807) is 24.1 Å². The van der Waals surface area contributed by atoms with Gasteiger partial charge in [-0.3, -0.25) is 0 Å². The van der Waals surface area contributed by atoms with Crippen molar-refractivity contribution >= 4 is 11.7 Å². The van der Waals surface area contributed by atoms with E-state index in [0.717, 1.165) is 0 Å². The molecule has 0 spiro atoms. The van der Waals surface area contributed by atoms with Crippen LogP contribution in [-0.4, -0.2) is 42.9 Å². The molecule has 1 aliphatic rings. The molecule has 0 saturated carbocycles. The molecule has 1 aliphatic heterocycles. The lowest BCUT2D eigenvalue weighted by atomic mass is 10.0. The van der Waals surface area contributed by atoms with Crippen LogP contribution < -0.4 is 5.32 Å². The lowest BCUT2D eigenvalue weighted by molar-refractivity contribution is 0.0657. The number of nitrogens with zero attached hydrogens (tertiary/aromatic N) is 2. The Morgan fingerprint density at radius 3 is 3.10 bits per heavy atom. The second-order valence-corrected chi connectivity index (χ2v) is 4.70. The van der Waals surface area contributed by atoms with E-state index in [1.165, 1.54) is 12.1 Å². The lowest BCUT2D eigenvalue weighted by Gasteiger charge is -2.19. The molecule has 2 rings (SSSR count). The van der Waals surface area contributed by atoms with Crippen LogP contribution in [0.15, 0.2) is 29.4 Å². The Hall–Kier alpha value is -2.11. The molecule has 1 N–H and O–H groups in total. The fourth-order valence-corrected chi connectivity index (χ4v) is 2.04. The Bertz CT molecular complexity index is 519. The largest absolute Gasteiger partial charge is 0.390 e. The predicted molar refractivity (Wildman–Crippen MR) is 74.1 cm³/mol. The maximum Gasteiger partial charge on any atom is 0.317 e. The van der Waals surface area contributed by atoms with Crippen molar-refractivity contribution in [2.24, 2.45) is 5.16 Å². The lowest BCUT2D eigenvalue weighted by Crippen LogP contribution is -2.41. The van der Waals surface area contributed by atoms with Gasteiger partial charge in [0.1, 0.15) is 5.82 Å². The molecule has 1 heterocycles. The van der Waals surface area contributed by atoms with Gasteiger partial charge in [0.15, 0.2) is 6.10 Å². The third-order valence-electron chi connectivity index (χ3n) is 3.04. The van der Waals surface area contributed by atoms with Crippen molar-refractivity contribution in [1.82, 2.24) is 10.2 Å². The molecular weight excluding hydrogens is 261 g/mol. The first-order chi connectivity index (χ1) is 9.60. The van der Waals surface area contributed by atoms with E-state index in [1.807, 2.05) is 6.92 Å². The summed E-state index contributed by atoms with van der Waals surface area (Å²) in [4.78, 5) is 18.5. The number of carbonyl (C=O) groups is 1. The predicted octanol–water partition coefficient (Wildman–Crippen LogP) is 1.98. The van der Waals surface area contributed by atoms with Crippen LogP contribution >= 0.6 is 0 Å². The monoisotopic (exact) mass is 279 g/mol. The molecule has 1 aromatic carbocycles. The van der Waals surface area contributed by atoms with E-state index in [9.17, 15) is 9.18 Å². The fourth-order valence-electron chi connectivity index (χ4n) is 2.04. The average Bonchev–Trinajstić information content (AvgIpc) is 2.87. The van der Waals surface area contributed by atoms with Crippen molar-refractivity contribution in [3.05, 3.63) is 35.6 Å². The molecule has 0 aliphatic carbocycles. The number of likely N-dealkylation sites (N-methyl/N-ethyl adjacent to an activating group) is 1.